The van der Waals surface area contributed by atoms with Gasteiger partial charge in [-0.2, -0.15) is 0 Å². The minimum absolute atomic E-state index is 0.0942. The zero-order valence-corrected chi connectivity index (χ0v) is 25.3. The molecule has 3 aromatic rings. The Balaban J connectivity index is 1.64. The van der Waals surface area contributed by atoms with Crippen LogP contribution in [-0.2, 0) is 10.0 Å². The van der Waals surface area contributed by atoms with Gasteiger partial charge in [0.2, 0.25) is 5.95 Å². The molecule has 2 N–H and O–H groups in total. The van der Waals surface area contributed by atoms with E-state index in [4.69, 9.17) is 11.6 Å². The number of rotatable bonds is 7. The molecule has 2 atom stereocenters. The molecule has 2 heterocycles. The molecule has 10 heteroatoms. The molecule has 214 valence electrons. The smallest absolute Gasteiger partial charge is 0.264 e. The first kappa shape index (κ1) is 30.0. The summed E-state index contributed by atoms with van der Waals surface area (Å²) in [6.45, 7) is 12.5. The number of hydrogen-bond acceptors (Lipinski definition) is 6. The summed E-state index contributed by atoms with van der Waals surface area (Å²) in [6.07, 6.45) is 0.586. The van der Waals surface area contributed by atoms with Gasteiger partial charge in [-0.15, -0.1) is 0 Å². The van der Waals surface area contributed by atoms with Crippen LogP contribution in [0.4, 0.5) is 5.95 Å². The molecule has 2 aromatic carbocycles. The second-order valence-corrected chi connectivity index (χ2v) is 13.9. The molecule has 0 saturated carbocycles. The third-order valence-corrected chi connectivity index (χ3v) is 8.75. The van der Waals surface area contributed by atoms with Crippen LogP contribution in [-0.4, -0.2) is 53.0 Å². The first-order valence-electron chi connectivity index (χ1n) is 13.4. The maximum atomic E-state index is 13.7. The Bertz CT molecular complexity index is 1500. The van der Waals surface area contributed by atoms with E-state index in [1.807, 2.05) is 45.9 Å². The molecule has 0 aliphatic carbocycles. The molecule has 1 amide bonds. The molecule has 0 radical (unpaired) electrons. The van der Waals surface area contributed by atoms with Gasteiger partial charge in [0.15, 0.2) is 0 Å². The molecule has 40 heavy (non-hydrogen) atoms. The Morgan fingerprint density at radius 2 is 1.77 bits per heavy atom. The molecule has 1 aliphatic rings. The Morgan fingerprint density at radius 1 is 1.12 bits per heavy atom. The van der Waals surface area contributed by atoms with Gasteiger partial charge in [-0.25, -0.2) is 23.1 Å². The van der Waals surface area contributed by atoms with Gasteiger partial charge in [-0.05, 0) is 67.3 Å². The van der Waals surface area contributed by atoms with E-state index in [0.29, 0.717) is 25.1 Å². The molecule has 8 nitrogen and oxygen atoms in total. The largest absolute Gasteiger partial charge is 0.391 e. The Kier molecular flexibility index (Phi) is 8.59. The van der Waals surface area contributed by atoms with Crippen molar-refractivity contribution in [2.75, 3.05) is 11.3 Å². The monoisotopic (exact) mass is 584 g/mol. The second kappa shape index (κ2) is 11.5. The SMILES string of the molecule is Cc1cccc(C)c1-c1cc(Cl)nc(NS(=O)(=O)c2cccc(C(=O)N3CC(C)(C)CC(O)C3CC(C)C)c2)n1. The number of carbonyl (C=O) groups is 1. The zero-order valence-electron chi connectivity index (χ0n) is 23.8. The summed E-state index contributed by atoms with van der Waals surface area (Å²) in [5.74, 6) is -0.205. The number of sulfonamides is 1. The van der Waals surface area contributed by atoms with Gasteiger partial charge in [0.1, 0.15) is 5.15 Å². The molecule has 1 fully saturated rings. The number of aliphatic hydroxyl groups is 1. The number of likely N-dealkylation sites (tertiary alicyclic amines) is 1. The molecule has 1 aromatic heterocycles. The van der Waals surface area contributed by atoms with E-state index in [1.54, 1.807) is 17.0 Å². The van der Waals surface area contributed by atoms with Crippen molar-refractivity contribution >= 4 is 33.5 Å². The number of halogens is 1. The average molecular weight is 585 g/mol. The minimum atomic E-state index is -4.16. The number of aliphatic hydroxyl groups excluding tert-OH is 1. The van der Waals surface area contributed by atoms with E-state index in [1.165, 1.54) is 18.2 Å². The molecule has 4 rings (SSSR count). The van der Waals surface area contributed by atoms with E-state index in [-0.39, 0.29) is 44.8 Å². The van der Waals surface area contributed by atoms with Crippen molar-refractivity contribution < 1.29 is 18.3 Å². The van der Waals surface area contributed by atoms with Crippen LogP contribution in [0.5, 0.6) is 0 Å². The number of nitrogens with zero attached hydrogens (tertiary/aromatic N) is 3. The van der Waals surface area contributed by atoms with Crippen molar-refractivity contribution in [2.24, 2.45) is 11.3 Å². The quantitative estimate of drug-likeness (QED) is 0.336. The van der Waals surface area contributed by atoms with E-state index in [0.717, 1.165) is 16.7 Å². The highest BCUT2D eigenvalue weighted by atomic mass is 35.5. The van der Waals surface area contributed by atoms with Crippen molar-refractivity contribution in [3.63, 3.8) is 0 Å². The number of hydrogen-bond donors (Lipinski definition) is 2. The topological polar surface area (TPSA) is 112 Å². The minimum Gasteiger partial charge on any atom is -0.391 e. The van der Waals surface area contributed by atoms with Crippen LogP contribution in [0.25, 0.3) is 11.3 Å². The number of aryl methyl sites for hydroxylation is 2. The van der Waals surface area contributed by atoms with Crippen LogP contribution in [0.3, 0.4) is 0 Å². The molecular formula is C30H37ClN4O4S. The third kappa shape index (κ3) is 6.65. The summed E-state index contributed by atoms with van der Waals surface area (Å²) in [5.41, 5.74) is 3.24. The highest BCUT2D eigenvalue weighted by Crippen LogP contribution is 2.36. The van der Waals surface area contributed by atoms with Crippen molar-refractivity contribution in [3.05, 3.63) is 70.4 Å². The van der Waals surface area contributed by atoms with Gasteiger partial charge in [0.25, 0.3) is 15.9 Å². The maximum absolute atomic E-state index is 13.7. The number of piperidine rings is 1. The number of amides is 1. The molecule has 1 saturated heterocycles. The number of anilines is 1. The van der Waals surface area contributed by atoms with Gasteiger partial charge in [-0.3, -0.25) is 4.79 Å². The van der Waals surface area contributed by atoms with Crippen molar-refractivity contribution in [2.45, 2.75) is 71.4 Å². The lowest BCUT2D eigenvalue weighted by Gasteiger charge is -2.47. The maximum Gasteiger partial charge on any atom is 0.264 e. The lowest BCUT2D eigenvalue weighted by Crippen LogP contribution is -2.56. The van der Waals surface area contributed by atoms with Crippen molar-refractivity contribution in [1.82, 2.24) is 14.9 Å². The van der Waals surface area contributed by atoms with Gasteiger partial charge < -0.3 is 10.0 Å². The standard InChI is InChI=1S/C30H37ClN4O4S/c1-18(2)13-24-25(36)16-30(5,6)17-35(24)28(37)21-11-8-12-22(14-21)40(38,39)34-29-32-23(15-26(31)33-29)27-19(3)9-7-10-20(27)4/h7-12,14-15,18,24-25,36H,13,16-17H2,1-6H3,(H,32,33,34). The predicted octanol–water partition coefficient (Wildman–Crippen LogP) is 5.86. The van der Waals surface area contributed by atoms with E-state index in [9.17, 15) is 18.3 Å². The summed E-state index contributed by atoms with van der Waals surface area (Å²) in [7, 11) is -4.16. The Hall–Kier alpha value is -3.01. The average Bonchev–Trinajstić information content (AvgIpc) is 2.84. The van der Waals surface area contributed by atoms with Gasteiger partial charge in [0, 0.05) is 23.7 Å². The highest BCUT2D eigenvalue weighted by molar-refractivity contribution is 7.92. The van der Waals surface area contributed by atoms with Gasteiger partial charge in [-0.1, -0.05) is 63.6 Å². The lowest BCUT2D eigenvalue weighted by atomic mass is 9.77. The highest BCUT2D eigenvalue weighted by Gasteiger charge is 2.41. The lowest BCUT2D eigenvalue weighted by molar-refractivity contribution is -0.0375. The number of benzene rings is 2. The molecule has 0 bridgehead atoms. The second-order valence-electron chi connectivity index (χ2n) is 11.9. The van der Waals surface area contributed by atoms with Crippen LogP contribution in [0.1, 0.15) is 62.0 Å². The van der Waals surface area contributed by atoms with E-state index in [2.05, 4.69) is 28.5 Å². The van der Waals surface area contributed by atoms with Crippen LogP contribution in [0.15, 0.2) is 53.4 Å². The Morgan fingerprint density at radius 3 is 2.42 bits per heavy atom. The summed E-state index contributed by atoms with van der Waals surface area (Å²) in [5, 5.41) is 11.0. The fraction of sp³-hybridized carbons (Fsp3) is 0.433. The van der Waals surface area contributed by atoms with Crippen LogP contribution in [0, 0.1) is 25.2 Å². The Labute approximate surface area is 241 Å². The zero-order chi connectivity index (χ0) is 29.4. The number of nitrogens with one attached hydrogen (secondary N) is 1. The molecule has 0 spiro atoms. The third-order valence-electron chi connectivity index (χ3n) is 7.23. The number of carbonyl (C=O) groups excluding carboxylic acids is 1. The summed E-state index contributed by atoms with van der Waals surface area (Å²) in [6, 6.07) is 13.0. The van der Waals surface area contributed by atoms with Crippen molar-refractivity contribution in [3.8, 4) is 11.3 Å². The summed E-state index contributed by atoms with van der Waals surface area (Å²) in [4.78, 5) is 23.8. The molecular weight excluding hydrogens is 548 g/mol. The first-order chi connectivity index (χ1) is 18.7. The van der Waals surface area contributed by atoms with E-state index < -0.39 is 16.1 Å². The van der Waals surface area contributed by atoms with Crippen LogP contribution >= 0.6 is 11.6 Å². The first-order valence-corrected chi connectivity index (χ1v) is 15.3. The number of aromatic nitrogens is 2. The van der Waals surface area contributed by atoms with Crippen molar-refractivity contribution in [1.29, 1.82) is 0 Å². The van der Waals surface area contributed by atoms with Gasteiger partial charge in [0.05, 0.1) is 22.7 Å². The molecule has 1 aliphatic heterocycles. The van der Waals surface area contributed by atoms with Crippen LogP contribution < -0.4 is 4.72 Å². The normalized spacial score (nSPS) is 19.1. The fourth-order valence-electron chi connectivity index (χ4n) is 5.49. The fourth-order valence-corrected chi connectivity index (χ4v) is 6.67. The summed E-state index contributed by atoms with van der Waals surface area (Å²) < 4.78 is 29.2. The molecule has 2 unspecified atom stereocenters. The van der Waals surface area contributed by atoms with E-state index >= 15 is 0 Å². The van der Waals surface area contributed by atoms with Crippen LogP contribution in [0.2, 0.25) is 5.15 Å². The predicted molar refractivity (Wildman–Crippen MR) is 158 cm³/mol. The summed E-state index contributed by atoms with van der Waals surface area (Å²) >= 11 is 6.26. The van der Waals surface area contributed by atoms with Gasteiger partial charge >= 0.3 is 0 Å².